The van der Waals surface area contributed by atoms with Crippen LogP contribution in [0.1, 0.15) is 58.3 Å². The number of carbonyl (C=O) groups is 1. The predicted octanol–water partition coefficient (Wildman–Crippen LogP) is 3.07. The van der Waals surface area contributed by atoms with E-state index in [9.17, 15) is 4.79 Å². The highest BCUT2D eigenvalue weighted by molar-refractivity contribution is 5.77. The molecule has 0 atom stereocenters. The molecule has 0 saturated carbocycles. The highest BCUT2D eigenvalue weighted by Gasteiger charge is 2.16. The van der Waals surface area contributed by atoms with Gasteiger partial charge >= 0.3 is 0 Å². The van der Waals surface area contributed by atoms with Crippen molar-refractivity contribution in [3.05, 3.63) is 0 Å². The molecule has 0 aliphatic carbocycles. The molecule has 1 aliphatic rings. The summed E-state index contributed by atoms with van der Waals surface area (Å²) in [7, 11) is 0. The molecule has 0 radical (unpaired) electrons. The summed E-state index contributed by atoms with van der Waals surface area (Å²) in [5.41, 5.74) is 0. The fourth-order valence-corrected chi connectivity index (χ4v) is 3.28. The second kappa shape index (κ2) is 23.4. The van der Waals surface area contributed by atoms with Gasteiger partial charge in [-0.15, -0.1) is 0 Å². The normalized spacial score (nSPS) is 14.2. The molecule has 8 nitrogen and oxygen atoms in total. The van der Waals surface area contributed by atoms with Gasteiger partial charge in [0.15, 0.2) is 0 Å². The maximum atomic E-state index is 11.9. The van der Waals surface area contributed by atoms with Crippen LogP contribution in [0.25, 0.3) is 0 Å². The van der Waals surface area contributed by atoms with Crippen LogP contribution in [-0.4, -0.2) is 103 Å². The molecule has 190 valence electrons. The van der Waals surface area contributed by atoms with Gasteiger partial charge < -0.3 is 33.3 Å². The molecule has 1 amide bonds. The number of carbonyl (C=O) groups excluding carboxylic acids is 1. The van der Waals surface area contributed by atoms with Crippen molar-refractivity contribution >= 4 is 5.91 Å². The largest absolute Gasteiger partial charge is 0.379 e. The number of amides is 1. The van der Waals surface area contributed by atoms with Crippen LogP contribution in [0.2, 0.25) is 0 Å². The minimum Gasteiger partial charge on any atom is -0.379 e. The SMILES string of the molecule is CCCCCCCCCCOCCOCCOCCOCCOCC(=O)N1CCOCC1. The van der Waals surface area contributed by atoms with Gasteiger partial charge in [-0.1, -0.05) is 51.9 Å². The molecular formula is C24H47NO7. The van der Waals surface area contributed by atoms with E-state index in [1.807, 2.05) is 0 Å². The van der Waals surface area contributed by atoms with E-state index in [4.69, 9.17) is 28.4 Å². The van der Waals surface area contributed by atoms with E-state index in [1.54, 1.807) is 4.90 Å². The Morgan fingerprint density at radius 1 is 0.625 bits per heavy atom. The van der Waals surface area contributed by atoms with E-state index in [0.29, 0.717) is 79.2 Å². The van der Waals surface area contributed by atoms with Crippen LogP contribution in [0, 0.1) is 0 Å². The Hall–Kier alpha value is -0.770. The maximum absolute atomic E-state index is 11.9. The Labute approximate surface area is 195 Å². The fourth-order valence-electron chi connectivity index (χ4n) is 3.28. The molecule has 1 fully saturated rings. The number of unbranched alkanes of at least 4 members (excludes halogenated alkanes) is 7. The standard InChI is InChI=1S/C24H47NO7/c1-2-3-4-5-6-7-8-9-12-27-15-16-29-17-18-30-19-20-31-21-22-32-23-24(26)25-10-13-28-14-11-25/h2-23H2,1H3. The number of ether oxygens (including phenoxy) is 6. The van der Waals surface area contributed by atoms with Crippen LogP contribution in [0.4, 0.5) is 0 Å². The van der Waals surface area contributed by atoms with Crippen molar-refractivity contribution < 1.29 is 33.2 Å². The molecular weight excluding hydrogens is 414 g/mol. The summed E-state index contributed by atoms with van der Waals surface area (Å²) < 4.78 is 32.6. The second-order valence-electron chi connectivity index (χ2n) is 7.97. The Bertz CT molecular complexity index is 406. The van der Waals surface area contributed by atoms with E-state index in [1.165, 1.54) is 44.9 Å². The van der Waals surface area contributed by atoms with Crippen LogP contribution in [0.5, 0.6) is 0 Å². The molecule has 0 aromatic heterocycles. The molecule has 8 heteroatoms. The third-order valence-corrected chi connectivity index (χ3v) is 5.22. The number of hydrogen-bond acceptors (Lipinski definition) is 7. The molecule has 0 bridgehead atoms. The molecule has 32 heavy (non-hydrogen) atoms. The van der Waals surface area contributed by atoms with E-state index < -0.39 is 0 Å². The number of morpholine rings is 1. The second-order valence-corrected chi connectivity index (χ2v) is 7.97. The molecule has 0 aromatic rings. The summed E-state index contributed by atoms with van der Waals surface area (Å²) in [6.45, 7) is 9.92. The van der Waals surface area contributed by atoms with Gasteiger partial charge in [0.2, 0.25) is 5.91 Å². The highest BCUT2D eigenvalue weighted by atomic mass is 16.6. The molecule has 1 saturated heterocycles. The Balaban J connectivity index is 1.67. The lowest BCUT2D eigenvalue weighted by Crippen LogP contribution is -2.42. The van der Waals surface area contributed by atoms with Gasteiger partial charge in [-0.2, -0.15) is 0 Å². The molecule has 0 aromatic carbocycles. The first kappa shape index (κ1) is 29.3. The Morgan fingerprint density at radius 3 is 1.59 bits per heavy atom. The van der Waals surface area contributed by atoms with Gasteiger partial charge in [-0.3, -0.25) is 4.79 Å². The fraction of sp³-hybridized carbons (Fsp3) is 0.958. The first-order chi connectivity index (χ1) is 15.8. The van der Waals surface area contributed by atoms with E-state index in [-0.39, 0.29) is 12.5 Å². The minimum absolute atomic E-state index is 0.00944. The van der Waals surface area contributed by atoms with Crippen molar-refractivity contribution in [3.8, 4) is 0 Å². The summed E-state index contributed by atoms with van der Waals surface area (Å²) in [6.07, 6.45) is 10.5. The van der Waals surface area contributed by atoms with Gasteiger partial charge in [0.25, 0.3) is 0 Å². The molecule has 1 heterocycles. The lowest BCUT2D eigenvalue weighted by atomic mass is 10.1. The molecule has 1 rings (SSSR count). The van der Waals surface area contributed by atoms with Gasteiger partial charge in [-0.05, 0) is 6.42 Å². The van der Waals surface area contributed by atoms with Gasteiger partial charge in [0, 0.05) is 19.7 Å². The van der Waals surface area contributed by atoms with Crippen LogP contribution in [-0.2, 0) is 33.2 Å². The first-order valence-corrected chi connectivity index (χ1v) is 12.6. The average molecular weight is 462 g/mol. The summed E-state index contributed by atoms with van der Waals surface area (Å²) in [5.74, 6) is 0.00944. The number of hydrogen-bond donors (Lipinski definition) is 0. The average Bonchev–Trinajstić information content (AvgIpc) is 2.82. The van der Waals surface area contributed by atoms with Crippen molar-refractivity contribution in [1.29, 1.82) is 0 Å². The Kier molecular flexibility index (Phi) is 21.4. The van der Waals surface area contributed by atoms with Crippen molar-refractivity contribution in [2.75, 3.05) is 92.4 Å². The molecule has 1 aliphatic heterocycles. The zero-order chi connectivity index (χ0) is 23.0. The lowest BCUT2D eigenvalue weighted by molar-refractivity contribution is -0.140. The predicted molar refractivity (Wildman–Crippen MR) is 124 cm³/mol. The quantitative estimate of drug-likeness (QED) is 0.217. The van der Waals surface area contributed by atoms with Crippen molar-refractivity contribution in [3.63, 3.8) is 0 Å². The highest BCUT2D eigenvalue weighted by Crippen LogP contribution is 2.08. The van der Waals surface area contributed by atoms with E-state index in [2.05, 4.69) is 6.92 Å². The topological polar surface area (TPSA) is 75.7 Å². The van der Waals surface area contributed by atoms with Crippen molar-refractivity contribution in [2.24, 2.45) is 0 Å². The Morgan fingerprint density at radius 2 is 1.06 bits per heavy atom. The van der Waals surface area contributed by atoms with E-state index in [0.717, 1.165) is 13.0 Å². The van der Waals surface area contributed by atoms with Gasteiger partial charge in [0.05, 0.1) is 66.1 Å². The van der Waals surface area contributed by atoms with Crippen molar-refractivity contribution in [1.82, 2.24) is 4.90 Å². The zero-order valence-electron chi connectivity index (χ0n) is 20.4. The van der Waals surface area contributed by atoms with Crippen LogP contribution >= 0.6 is 0 Å². The lowest BCUT2D eigenvalue weighted by Gasteiger charge is -2.26. The first-order valence-electron chi connectivity index (χ1n) is 12.6. The summed E-state index contributed by atoms with van der Waals surface area (Å²) in [5, 5.41) is 0. The van der Waals surface area contributed by atoms with Crippen LogP contribution in [0.15, 0.2) is 0 Å². The minimum atomic E-state index is 0.00944. The monoisotopic (exact) mass is 461 g/mol. The van der Waals surface area contributed by atoms with Crippen LogP contribution < -0.4 is 0 Å². The molecule has 0 N–H and O–H groups in total. The maximum Gasteiger partial charge on any atom is 0.248 e. The summed E-state index contributed by atoms with van der Waals surface area (Å²) >= 11 is 0. The van der Waals surface area contributed by atoms with Gasteiger partial charge in [0.1, 0.15) is 6.61 Å². The number of rotatable bonds is 23. The third kappa shape index (κ3) is 18.8. The number of nitrogens with zero attached hydrogens (tertiary/aromatic N) is 1. The van der Waals surface area contributed by atoms with Crippen molar-refractivity contribution in [2.45, 2.75) is 58.3 Å². The van der Waals surface area contributed by atoms with E-state index >= 15 is 0 Å². The molecule has 0 unspecified atom stereocenters. The third-order valence-electron chi connectivity index (χ3n) is 5.22. The zero-order valence-corrected chi connectivity index (χ0v) is 20.4. The van der Waals surface area contributed by atoms with Crippen LogP contribution in [0.3, 0.4) is 0 Å². The summed E-state index contributed by atoms with van der Waals surface area (Å²) in [6, 6.07) is 0. The smallest absolute Gasteiger partial charge is 0.248 e. The summed E-state index contributed by atoms with van der Waals surface area (Å²) in [4.78, 5) is 13.6. The molecule has 0 spiro atoms. The van der Waals surface area contributed by atoms with Gasteiger partial charge in [-0.25, -0.2) is 0 Å².